The highest BCUT2D eigenvalue weighted by molar-refractivity contribution is 5.51. The molecule has 0 amide bonds. The molecule has 0 aliphatic heterocycles. The maximum absolute atomic E-state index is 6.07. The van der Waals surface area contributed by atoms with Gasteiger partial charge in [-0.05, 0) is 55.4 Å². The predicted molar refractivity (Wildman–Crippen MR) is 90.5 cm³/mol. The van der Waals surface area contributed by atoms with Crippen LogP contribution >= 0.6 is 0 Å². The topological polar surface area (TPSA) is 29.3 Å². The molecule has 1 aromatic rings. The highest BCUT2D eigenvalue weighted by Gasteiger charge is 2.24. The second-order valence-electron chi connectivity index (χ2n) is 7.14. The summed E-state index contributed by atoms with van der Waals surface area (Å²) in [4.78, 5) is 2.37. The zero-order chi connectivity index (χ0) is 15.5. The summed E-state index contributed by atoms with van der Waals surface area (Å²) in [5, 5.41) is 0. The van der Waals surface area contributed by atoms with Crippen molar-refractivity contribution in [2.24, 2.45) is 11.1 Å². The molecule has 2 heteroatoms. The van der Waals surface area contributed by atoms with E-state index < -0.39 is 0 Å². The van der Waals surface area contributed by atoms with Crippen LogP contribution in [-0.4, -0.2) is 19.1 Å². The van der Waals surface area contributed by atoms with Crippen molar-refractivity contribution in [2.45, 2.75) is 66.5 Å². The molecule has 0 heterocycles. The van der Waals surface area contributed by atoms with E-state index in [4.69, 9.17) is 5.73 Å². The molecule has 0 aromatic heterocycles. The number of nitrogens with zero attached hydrogens (tertiary/aromatic N) is 1. The Morgan fingerprint density at radius 1 is 1.25 bits per heavy atom. The van der Waals surface area contributed by atoms with Crippen molar-refractivity contribution in [3.63, 3.8) is 0 Å². The summed E-state index contributed by atoms with van der Waals surface area (Å²) in [5.41, 5.74) is 10.3. The lowest BCUT2D eigenvalue weighted by atomic mass is 9.86. The van der Waals surface area contributed by atoms with E-state index in [1.165, 1.54) is 16.8 Å². The van der Waals surface area contributed by atoms with Gasteiger partial charge in [0.15, 0.2) is 0 Å². The van der Waals surface area contributed by atoms with E-state index in [-0.39, 0.29) is 11.5 Å². The third kappa shape index (κ3) is 4.24. The highest BCUT2D eigenvalue weighted by atomic mass is 15.1. The summed E-state index contributed by atoms with van der Waals surface area (Å²) in [6.45, 7) is 13.5. The molecule has 1 rings (SSSR count). The van der Waals surface area contributed by atoms with Crippen molar-refractivity contribution < 1.29 is 0 Å². The van der Waals surface area contributed by atoms with Crippen molar-refractivity contribution in [1.29, 1.82) is 0 Å². The SMILES string of the molecule is CCC(N)Cc1ccc(N(C)C(C)C(C)(C)C)cc1C. The molecule has 0 aliphatic rings. The van der Waals surface area contributed by atoms with Gasteiger partial charge in [-0.2, -0.15) is 0 Å². The van der Waals surface area contributed by atoms with Crippen LogP contribution in [0.2, 0.25) is 0 Å². The maximum Gasteiger partial charge on any atom is 0.0369 e. The van der Waals surface area contributed by atoms with E-state index in [9.17, 15) is 0 Å². The zero-order valence-electron chi connectivity index (χ0n) is 14.3. The van der Waals surface area contributed by atoms with Crippen molar-refractivity contribution in [3.8, 4) is 0 Å². The number of anilines is 1. The second-order valence-corrected chi connectivity index (χ2v) is 7.14. The first-order chi connectivity index (χ1) is 9.16. The number of aryl methyl sites for hydroxylation is 1. The third-order valence-corrected chi connectivity index (χ3v) is 4.57. The Hall–Kier alpha value is -1.02. The number of hydrogen-bond donors (Lipinski definition) is 1. The van der Waals surface area contributed by atoms with Gasteiger partial charge in [0.2, 0.25) is 0 Å². The average Bonchev–Trinajstić information content (AvgIpc) is 2.38. The molecule has 0 bridgehead atoms. The summed E-state index contributed by atoms with van der Waals surface area (Å²) in [6, 6.07) is 7.52. The fourth-order valence-electron chi connectivity index (χ4n) is 2.36. The van der Waals surface area contributed by atoms with Crippen LogP contribution in [0.1, 0.15) is 52.2 Å². The Kier molecular flexibility index (Phi) is 5.64. The highest BCUT2D eigenvalue weighted by Crippen LogP contribution is 2.28. The van der Waals surface area contributed by atoms with Crippen LogP contribution < -0.4 is 10.6 Å². The first-order valence-corrected chi connectivity index (χ1v) is 7.74. The van der Waals surface area contributed by atoms with E-state index >= 15 is 0 Å². The van der Waals surface area contributed by atoms with Gasteiger partial charge in [0.05, 0.1) is 0 Å². The molecule has 0 saturated heterocycles. The minimum absolute atomic E-state index is 0.269. The molecule has 0 aliphatic carbocycles. The molecular formula is C18H32N2. The molecule has 20 heavy (non-hydrogen) atoms. The molecule has 0 fully saturated rings. The molecule has 2 nitrogen and oxygen atoms in total. The normalized spacial score (nSPS) is 15.0. The Morgan fingerprint density at radius 3 is 2.30 bits per heavy atom. The van der Waals surface area contributed by atoms with Crippen molar-refractivity contribution >= 4 is 5.69 Å². The fourth-order valence-corrected chi connectivity index (χ4v) is 2.36. The quantitative estimate of drug-likeness (QED) is 0.875. The van der Waals surface area contributed by atoms with Crippen LogP contribution in [0, 0.1) is 12.3 Å². The Balaban J connectivity index is 2.92. The third-order valence-electron chi connectivity index (χ3n) is 4.57. The fraction of sp³-hybridized carbons (Fsp3) is 0.667. The van der Waals surface area contributed by atoms with Crippen molar-refractivity contribution in [1.82, 2.24) is 0 Å². The average molecular weight is 276 g/mol. The molecule has 0 spiro atoms. The molecule has 2 atom stereocenters. The summed E-state index contributed by atoms with van der Waals surface area (Å²) in [7, 11) is 2.18. The van der Waals surface area contributed by atoms with E-state index in [1.807, 2.05) is 0 Å². The van der Waals surface area contributed by atoms with E-state index in [0.717, 1.165) is 12.8 Å². The van der Waals surface area contributed by atoms with Gasteiger partial charge in [0.1, 0.15) is 0 Å². The molecular weight excluding hydrogens is 244 g/mol. The van der Waals surface area contributed by atoms with Gasteiger partial charge in [-0.15, -0.1) is 0 Å². The summed E-state index contributed by atoms with van der Waals surface area (Å²) >= 11 is 0. The number of hydrogen-bond acceptors (Lipinski definition) is 2. The second kappa shape index (κ2) is 6.62. The minimum Gasteiger partial charge on any atom is -0.371 e. The van der Waals surface area contributed by atoms with Gasteiger partial charge in [-0.25, -0.2) is 0 Å². The molecule has 114 valence electrons. The summed E-state index contributed by atoms with van der Waals surface area (Å²) in [6.07, 6.45) is 2.00. The number of rotatable bonds is 5. The van der Waals surface area contributed by atoms with Crippen LogP contribution in [0.15, 0.2) is 18.2 Å². The molecule has 0 radical (unpaired) electrons. The Morgan fingerprint density at radius 2 is 1.85 bits per heavy atom. The lowest BCUT2D eigenvalue weighted by Gasteiger charge is -2.37. The van der Waals surface area contributed by atoms with Crippen LogP contribution in [0.4, 0.5) is 5.69 Å². The van der Waals surface area contributed by atoms with Gasteiger partial charge in [-0.3, -0.25) is 0 Å². The molecule has 1 aromatic carbocycles. The van der Waals surface area contributed by atoms with Crippen LogP contribution in [0.3, 0.4) is 0 Å². The minimum atomic E-state index is 0.269. The largest absolute Gasteiger partial charge is 0.371 e. The van der Waals surface area contributed by atoms with Crippen molar-refractivity contribution in [3.05, 3.63) is 29.3 Å². The summed E-state index contributed by atoms with van der Waals surface area (Å²) < 4.78 is 0. The first kappa shape index (κ1) is 17.0. The Bertz CT molecular complexity index is 432. The lowest BCUT2D eigenvalue weighted by Crippen LogP contribution is -2.39. The smallest absolute Gasteiger partial charge is 0.0369 e. The van der Waals surface area contributed by atoms with E-state index in [0.29, 0.717) is 6.04 Å². The van der Waals surface area contributed by atoms with Gasteiger partial charge in [-0.1, -0.05) is 33.8 Å². The zero-order valence-corrected chi connectivity index (χ0v) is 14.3. The van der Waals surface area contributed by atoms with Crippen LogP contribution in [0.5, 0.6) is 0 Å². The Labute approximate surface area is 125 Å². The van der Waals surface area contributed by atoms with Crippen LogP contribution in [-0.2, 0) is 6.42 Å². The van der Waals surface area contributed by atoms with E-state index in [1.54, 1.807) is 0 Å². The van der Waals surface area contributed by atoms with Gasteiger partial charge >= 0.3 is 0 Å². The van der Waals surface area contributed by atoms with Crippen molar-refractivity contribution in [2.75, 3.05) is 11.9 Å². The number of benzene rings is 1. The summed E-state index contributed by atoms with van der Waals surface area (Å²) in [5.74, 6) is 0. The predicted octanol–water partition coefficient (Wildman–Crippen LogP) is 4.15. The number of nitrogens with two attached hydrogens (primary N) is 1. The molecule has 0 saturated carbocycles. The van der Waals surface area contributed by atoms with Gasteiger partial charge < -0.3 is 10.6 Å². The first-order valence-electron chi connectivity index (χ1n) is 7.74. The lowest BCUT2D eigenvalue weighted by molar-refractivity contribution is 0.330. The monoisotopic (exact) mass is 276 g/mol. The standard InChI is InChI=1S/C18H32N2/c1-8-16(19)12-15-9-10-17(11-13(15)2)20(7)14(3)18(4,5)6/h9-11,14,16H,8,12,19H2,1-7H3. The van der Waals surface area contributed by atoms with Crippen LogP contribution in [0.25, 0.3) is 0 Å². The van der Waals surface area contributed by atoms with Gasteiger partial charge in [0, 0.05) is 24.8 Å². The van der Waals surface area contributed by atoms with Gasteiger partial charge in [0.25, 0.3) is 0 Å². The molecule has 2 unspecified atom stereocenters. The van der Waals surface area contributed by atoms with E-state index in [2.05, 4.69) is 71.7 Å². The maximum atomic E-state index is 6.07. The molecule has 2 N–H and O–H groups in total.